The van der Waals surface area contributed by atoms with Crippen molar-refractivity contribution >= 4 is 46.9 Å². The first-order valence-corrected chi connectivity index (χ1v) is 7.44. The summed E-state index contributed by atoms with van der Waals surface area (Å²) in [5.41, 5.74) is 1.25. The van der Waals surface area contributed by atoms with Gasteiger partial charge in [-0.2, -0.15) is 0 Å². The maximum absolute atomic E-state index is 11.7. The van der Waals surface area contributed by atoms with Crippen LogP contribution in [0.5, 0.6) is 0 Å². The van der Waals surface area contributed by atoms with Crippen molar-refractivity contribution in [2.45, 2.75) is 0 Å². The lowest BCUT2D eigenvalue weighted by molar-refractivity contribution is -0.157. The van der Waals surface area contributed by atoms with Gasteiger partial charge in [-0.15, -0.1) is 0 Å². The van der Waals surface area contributed by atoms with Crippen molar-refractivity contribution in [1.82, 2.24) is 0 Å². The maximum atomic E-state index is 11.7. The second-order valence-electron chi connectivity index (χ2n) is 4.56. The average molecular weight is 353 g/mol. The van der Waals surface area contributed by atoms with Crippen LogP contribution in [0.3, 0.4) is 0 Å². The fourth-order valence-corrected chi connectivity index (χ4v) is 2.20. The van der Waals surface area contributed by atoms with E-state index >= 15 is 0 Å². The van der Waals surface area contributed by atoms with Crippen LogP contribution >= 0.6 is 23.6 Å². The normalized spacial score (nSPS) is 10.0. The lowest BCUT2D eigenvalue weighted by Gasteiger charge is -2.16. The molecule has 0 aromatic heterocycles. The molecule has 0 N–H and O–H groups in total. The van der Waals surface area contributed by atoms with Gasteiger partial charge in [0, 0.05) is 23.6 Å². The highest BCUT2D eigenvalue weighted by Crippen LogP contribution is 2.16. The number of anilines is 2. The third-order valence-electron chi connectivity index (χ3n) is 2.84. The number of rotatable bonds is 6. The molecule has 23 heavy (non-hydrogen) atoms. The van der Waals surface area contributed by atoms with Crippen LogP contribution in [0.2, 0.25) is 0 Å². The lowest BCUT2D eigenvalue weighted by atomic mass is 10.3. The molecule has 0 atom stereocenters. The van der Waals surface area contributed by atoms with Crippen molar-refractivity contribution in [1.29, 1.82) is 0 Å². The number of nitrogens with zero attached hydrogens (tertiary/aromatic N) is 2. The van der Waals surface area contributed by atoms with Crippen LogP contribution in [0, 0.1) is 0 Å². The Morgan fingerprint density at radius 3 is 1.43 bits per heavy atom. The van der Waals surface area contributed by atoms with Gasteiger partial charge in [-0.3, -0.25) is 8.84 Å². The zero-order chi connectivity index (χ0) is 16.7. The Kier molecular flexibility index (Phi) is 6.26. The molecule has 0 aliphatic rings. The first-order chi connectivity index (χ1) is 11.1. The van der Waals surface area contributed by atoms with Crippen LogP contribution in [0.4, 0.5) is 11.4 Å². The first-order valence-electron chi connectivity index (χ1n) is 6.76. The van der Waals surface area contributed by atoms with Crippen LogP contribution in [0.25, 0.3) is 0 Å². The van der Waals surface area contributed by atoms with Gasteiger partial charge < -0.3 is 4.74 Å². The summed E-state index contributed by atoms with van der Waals surface area (Å²) in [6, 6.07) is 17.7. The number of ether oxygens (including phenoxy) is 1. The van der Waals surface area contributed by atoms with Gasteiger partial charge in [-0.25, -0.2) is 9.59 Å². The molecule has 0 aliphatic heterocycles. The predicted octanol–water partition coefficient (Wildman–Crippen LogP) is 3.38. The molecule has 5 nitrogen and oxygen atoms in total. The average Bonchev–Trinajstić information content (AvgIpc) is 2.56. The van der Waals surface area contributed by atoms with Crippen LogP contribution < -0.4 is 8.84 Å². The smallest absolute Gasteiger partial charge is 0.334 e. The summed E-state index contributed by atoms with van der Waals surface area (Å²) in [6.45, 7) is -0.518. The number of hydrogen-bond acceptors (Lipinski definition) is 5. The van der Waals surface area contributed by atoms with E-state index in [-0.39, 0.29) is 13.1 Å². The Morgan fingerprint density at radius 1 is 0.739 bits per heavy atom. The summed E-state index contributed by atoms with van der Waals surface area (Å²) in [4.78, 5) is 23.4. The molecule has 2 aromatic rings. The number of carbonyl (C=O) groups excluding carboxylic acids is 2. The number of esters is 2. The molecule has 0 spiro atoms. The molecular formula is C16H14Cl2N2O3. The number of hydrogen-bond donors (Lipinski definition) is 0. The molecule has 0 fully saturated rings. The monoisotopic (exact) mass is 352 g/mol. The predicted molar refractivity (Wildman–Crippen MR) is 90.4 cm³/mol. The van der Waals surface area contributed by atoms with E-state index in [9.17, 15) is 9.59 Å². The van der Waals surface area contributed by atoms with E-state index in [1.807, 2.05) is 12.1 Å². The minimum Gasteiger partial charge on any atom is -0.390 e. The highest BCUT2D eigenvalue weighted by Gasteiger charge is 2.17. The van der Waals surface area contributed by atoms with Crippen LogP contribution in [-0.4, -0.2) is 25.0 Å². The maximum Gasteiger partial charge on any atom is 0.334 e. The number of halogens is 2. The summed E-state index contributed by atoms with van der Waals surface area (Å²) < 4.78 is 7.05. The van der Waals surface area contributed by atoms with Gasteiger partial charge in [-0.05, 0) is 24.3 Å². The Labute approximate surface area is 144 Å². The zero-order valence-electron chi connectivity index (χ0n) is 12.1. The molecule has 0 aliphatic carbocycles. The SMILES string of the molecule is O=C(CN(Cl)c1ccccc1)OC(=O)CN(Cl)c1ccccc1. The minimum atomic E-state index is -0.757. The quantitative estimate of drug-likeness (QED) is 0.453. The van der Waals surface area contributed by atoms with E-state index in [2.05, 4.69) is 0 Å². The van der Waals surface area contributed by atoms with Crippen LogP contribution in [-0.2, 0) is 14.3 Å². The van der Waals surface area contributed by atoms with E-state index in [0.29, 0.717) is 11.4 Å². The highest BCUT2D eigenvalue weighted by atomic mass is 35.5. The van der Waals surface area contributed by atoms with Crippen molar-refractivity contribution in [2.24, 2.45) is 0 Å². The van der Waals surface area contributed by atoms with Crippen molar-refractivity contribution in [3.63, 3.8) is 0 Å². The molecule has 0 amide bonds. The molecule has 0 heterocycles. The summed E-state index contributed by atoms with van der Waals surface area (Å²) in [6.07, 6.45) is 0. The van der Waals surface area contributed by atoms with Crippen molar-refractivity contribution in [3.05, 3.63) is 60.7 Å². The van der Waals surface area contributed by atoms with E-state index in [1.54, 1.807) is 48.5 Å². The van der Waals surface area contributed by atoms with Crippen LogP contribution in [0.15, 0.2) is 60.7 Å². The van der Waals surface area contributed by atoms with Gasteiger partial charge in [0.1, 0.15) is 13.1 Å². The fraction of sp³-hybridized carbons (Fsp3) is 0.125. The van der Waals surface area contributed by atoms with E-state index in [4.69, 9.17) is 28.3 Å². The standard InChI is InChI=1S/C16H14Cl2N2O3/c17-19(13-7-3-1-4-8-13)11-15(21)23-16(22)12-20(18)14-9-5-2-6-10-14/h1-10H,11-12H2. The minimum absolute atomic E-state index is 0.259. The lowest BCUT2D eigenvalue weighted by Crippen LogP contribution is -2.29. The summed E-state index contributed by atoms with van der Waals surface area (Å²) in [5.74, 6) is -1.51. The first kappa shape index (κ1) is 17.1. The highest BCUT2D eigenvalue weighted by molar-refractivity contribution is 6.27. The molecule has 2 rings (SSSR count). The summed E-state index contributed by atoms with van der Waals surface area (Å²) in [7, 11) is 0. The van der Waals surface area contributed by atoms with E-state index in [0.717, 1.165) is 0 Å². The topological polar surface area (TPSA) is 49.9 Å². The molecule has 2 aromatic carbocycles. The third-order valence-corrected chi connectivity index (χ3v) is 3.47. The second-order valence-corrected chi connectivity index (χ2v) is 5.37. The second kappa shape index (κ2) is 8.41. The Balaban J connectivity index is 1.82. The summed E-state index contributed by atoms with van der Waals surface area (Å²) in [5, 5.41) is 0. The molecular weight excluding hydrogens is 339 g/mol. The van der Waals surface area contributed by atoms with Gasteiger partial charge >= 0.3 is 11.9 Å². The Hall–Kier alpha value is -2.24. The van der Waals surface area contributed by atoms with Gasteiger partial charge in [0.2, 0.25) is 0 Å². The number of para-hydroxylation sites is 2. The van der Waals surface area contributed by atoms with E-state index in [1.165, 1.54) is 8.84 Å². The van der Waals surface area contributed by atoms with Crippen LogP contribution in [0.1, 0.15) is 0 Å². The zero-order valence-corrected chi connectivity index (χ0v) is 13.6. The number of carbonyl (C=O) groups is 2. The fourth-order valence-electron chi connectivity index (χ4n) is 1.78. The largest absolute Gasteiger partial charge is 0.390 e. The van der Waals surface area contributed by atoms with E-state index < -0.39 is 11.9 Å². The molecule has 0 unspecified atom stereocenters. The van der Waals surface area contributed by atoms with Crippen molar-refractivity contribution in [3.8, 4) is 0 Å². The Morgan fingerprint density at radius 2 is 1.09 bits per heavy atom. The van der Waals surface area contributed by atoms with Crippen molar-refractivity contribution < 1.29 is 14.3 Å². The molecule has 0 saturated carbocycles. The molecule has 7 heteroatoms. The summed E-state index contributed by atoms with van der Waals surface area (Å²) >= 11 is 11.9. The number of benzene rings is 2. The van der Waals surface area contributed by atoms with Gasteiger partial charge in [0.15, 0.2) is 0 Å². The van der Waals surface area contributed by atoms with Gasteiger partial charge in [-0.1, -0.05) is 36.4 Å². The molecule has 0 radical (unpaired) electrons. The van der Waals surface area contributed by atoms with Gasteiger partial charge in [0.05, 0.1) is 11.4 Å². The van der Waals surface area contributed by atoms with Gasteiger partial charge in [0.25, 0.3) is 0 Å². The molecule has 0 bridgehead atoms. The molecule has 120 valence electrons. The van der Waals surface area contributed by atoms with Crippen molar-refractivity contribution in [2.75, 3.05) is 21.9 Å². The molecule has 0 saturated heterocycles. The third kappa shape index (κ3) is 5.47. The Bertz CT molecular complexity index is 595.